The zero-order chi connectivity index (χ0) is 24.5. The molecule has 1 saturated heterocycles. The van der Waals surface area contributed by atoms with Gasteiger partial charge in [0, 0.05) is 26.3 Å². The minimum atomic E-state index is -0.997. The molecule has 2 aliphatic heterocycles. The Balaban J connectivity index is 1.65. The molecule has 1 aromatic carbocycles. The van der Waals surface area contributed by atoms with Gasteiger partial charge < -0.3 is 19.9 Å². The van der Waals surface area contributed by atoms with Crippen LogP contribution in [0.25, 0.3) is 0 Å². The summed E-state index contributed by atoms with van der Waals surface area (Å²) in [5.74, 6) is -0.444. The fraction of sp³-hybridized carbons (Fsp3) is 0.577. The van der Waals surface area contributed by atoms with Crippen LogP contribution in [0.15, 0.2) is 12.1 Å². The summed E-state index contributed by atoms with van der Waals surface area (Å²) in [6.07, 6.45) is 4.00. The lowest BCUT2D eigenvalue weighted by Crippen LogP contribution is -2.40. The minimum absolute atomic E-state index is 0.000814. The van der Waals surface area contributed by atoms with Crippen molar-refractivity contribution in [3.63, 3.8) is 0 Å². The molecule has 8 heteroatoms. The highest BCUT2D eigenvalue weighted by atomic mass is 16.5. The molecule has 2 aliphatic rings. The molecule has 0 bridgehead atoms. The molecule has 1 atom stereocenters. The Hall–Kier alpha value is -2.87. The monoisotopic (exact) mass is 469 g/mol. The van der Waals surface area contributed by atoms with Gasteiger partial charge in [0.1, 0.15) is 11.3 Å². The second-order valence-electron chi connectivity index (χ2n) is 9.83. The number of carboxylic acids is 1. The van der Waals surface area contributed by atoms with Crippen molar-refractivity contribution < 1.29 is 24.2 Å². The Kier molecular flexibility index (Phi) is 6.98. The Morgan fingerprint density at radius 3 is 2.74 bits per heavy atom. The highest BCUT2D eigenvalue weighted by molar-refractivity contribution is 5.97. The van der Waals surface area contributed by atoms with Gasteiger partial charge in [-0.1, -0.05) is 19.9 Å². The van der Waals surface area contributed by atoms with Crippen molar-refractivity contribution in [1.29, 1.82) is 0 Å². The number of aromatic carboxylic acids is 1. The summed E-state index contributed by atoms with van der Waals surface area (Å²) in [4.78, 5) is 24.8. The molecule has 8 nitrogen and oxygen atoms in total. The zero-order valence-corrected chi connectivity index (χ0v) is 20.6. The van der Waals surface area contributed by atoms with Gasteiger partial charge in [0.25, 0.3) is 5.91 Å². The Bertz CT molecular complexity index is 1080. The number of nitrogens with zero attached hydrogens (tertiary/aromatic N) is 2. The molecule has 0 aliphatic carbocycles. The maximum Gasteiger partial charge on any atom is 0.339 e. The molecule has 1 amide bonds. The summed E-state index contributed by atoms with van der Waals surface area (Å²) in [5, 5.41) is 17.6. The number of carbonyl (C=O) groups is 2. The van der Waals surface area contributed by atoms with Crippen molar-refractivity contribution in [2.75, 3.05) is 26.9 Å². The normalized spacial score (nSPS) is 18.2. The molecular weight excluding hydrogens is 434 g/mol. The first kappa shape index (κ1) is 24.3. The number of hydrogen-bond donors (Lipinski definition) is 2. The van der Waals surface area contributed by atoms with Gasteiger partial charge >= 0.3 is 5.97 Å². The standard InChI is InChI=1S/C26H35N3O5/c1-5-20-22-21(13-26(15-27-24(22)30)8-10-34-11-9-26)29(28-20)14-16(2)12-19-17(3)6-7-18(25(31)32)23(19)33-4/h6-7,16H,5,8-15H2,1-4H3,(H,27,30)(H,31,32)/t16-/m1/s1. The van der Waals surface area contributed by atoms with Crippen molar-refractivity contribution in [3.8, 4) is 5.75 Å². The van der Waals surface area contributed by atoms with Gasteiger partial charge in [-0.2, -0.15) is 5.10 Å². The minimum Gasteiger partial charge on any atom is -0.496 e. The number of aromatic nitrogens is 2. The number of ether oxygens (including phenoxy) is 2. The van der Waals surface area contributed by atoms with Gasteiger partial charge in [0.05, 0.1) is 24.1 Å². The summed E-state index contributed by atoms with van der Waals surface area (Å²) in [6.45, 7) is 8.88. The van der Waals surface area contributed by atoms with Crippen LogP contribution in [0.2, 0.25) is 0 Å². The lowest BCUT2D eigenvalue weighted by Gasteiger charge is -2.36. The molecule has 0 radical (unpaired) electrons. The molecule has 2 N–H and O–H groups in total. The average molecular weight is 470 g/mol. The van der Waals surface area contributed by atoms with Crippen LogP contribution in [-0.4, -0.2) is 53.6 Å². The molecule has 1 fully saturated rings. The van der Waals surface area contributed by atoms with E-state index >= 15 is 0 Å². The molecular formula is C26H35N3O5. The van der Waals surface area contributed by atoms with Crippen LogP contribution in [0.3, 0.4) is 0 Å². The molecule has 184 valence electrons. The van der Waals surface area contributed by atoms with Crippen LogP contribution < -0.4 is 10.1 Å². The lowest BCUT2D eigenvalue weighted by atomic mass is 9.76. The first-order valence-corrected chi connectivity index (χ1v) is 12.1. The van der Waals surface area contributed by atoms with Gasteiger partial charge in [0.15, 0.2) is 0 Å². The summed E-state index contributed by atoms with van der Waals surface area (Å²) in [7, 11) is 1.52. The Morgan fingerprint density at radius 1 is 1.35 bits per heavy atom. The van der Waals surface area contributed by atoms with Gasteiger partial charge in [-0.25, -0.2) is 4.79 Å². The Labute approximate surface area is 200 Å². The van der Waals surface area contributed by atoms with Crippen LogP contribution in [0.5, 0.6) is 5.75 Å². The maximum atomic E-state index is 13.1. The fourth-order valence-corrected chi connectivity index (χ4v) is 5.41. The van der Waals surface area contributed by atoms with Crippen LogP contribution in [0.4, 0.5) is 0 Å². The number of amides is 1. The van der Waals surface area contributed by atoms with Crippen molar-refractivity contribution in [2.24, 2.45) is 11.3 Å². The van der Waals surface area contributed by atoms with E-state index in [2.05, 4.69) is 12.2 Å². The zero-order valence-electron chi connectivity index (χ0n) is 20.6. The average Bonchev–Trinajstić information content (AvgIpc) is 3.08. The van der Waals surface area contributed by atoms with E-state index in [1.807, 2.05) is 24.6 Å². The van der Waals surface area contributed by atoms with Crippen molar-refractivity contribution in [2.45, 2.75) is 59.4 Å². The van der Waals surface area contributed by atoms with Gasteiger partial charge in [-0.05, 0) is 67.6 Å². The van der Waals surface area contributed by atoms with E-state index in [1.54, 1.807) is 6.07 Å². The van der Waals surface area contributed by atoms with Crippen LogP contribution in [0.1, 0.15) is 69.9 Å². The molecule has 34 heavy (non-hydrogen) atoms. The van der Waals surface area contributed by atoms with Gasteiger partial charge in [-0.15, -0.1) is 0 Å². The lowest BCUT2D eigenvalue weighted by molar-refractivity contribution is 0.0152. The molecule has 0 unspecified atom stereocenters. The fourth-order valence-electron chi connectivity index (χ4n) is 5.41. The smallest absolute Gasteiger partial charge is 0.339 e. The quantitative estimate of drug-likeness (QED) is 0.644. The highest BCUT2D eigenvalue weighted by Crippen LogP contribution is 2.38. The van der Waals surface area contributed by atoms with Crippen molar-refractivity contribution in [1.82, 2.24) is 15.1 Å². The summed E-state index contributed by atoms with van der Waals surface area (Å²) >= 11 is 0. The summed E-state index contributed by atoms with van der Waals surface area (Å²) < 4.78 is 13.2. The SMILES string of the molecule is CCc1nn(C[C@H](C)Cc2c(C)ccc(C(=O)O)c2OC)c2c1C(=O)NCC1(CCOCC1)C2. The van der Waals surface area contributed by atoms with Crippen molar-refractivity contribution in [3.05, 3.63) is 45.8 Å². The number of methoxy groups -OCH3 is 1. The predicted octanol–water partition coefficient (Wildman–Crippen LogP) is 3.42. The topological polar surface area (TPSA) is 103 Å². The van der Waals surface area contributed by atoms with Gasteiger partial charge in [-0.3, -0.25) is 9.48 Å². The largest absolute Gasteiger partial charge is 0.496 e. The highest BCUT2D eigenvalue weighted by Gasteiger charge is 2.39. The third-order valence-electron chi connectivity index (χ3n) is 7.38. The molecule has 1 spiro atoms. The molecule has 0 saturated carbocycles. The second kappa shape index (κ2) is 9.78. The van der Waals surface area contributed by atoms with Crippen LogP contribution >= 0.6 is 0 Å². The van der Waals surface area contributed by atoms with E-state index in [0.29, 0.717) is 31.7 Å². The third kappa shape index (κ3) is 4.56. The Morgan fingerprint density at radius 2 is 2.09 bits per heavy atom. The number of rotatable bonds is 7. The second-order valence-corrected chi connectivity index (χ2v) is 9.83. The van der Waals surface area contributed by atoms with E-state index in [-0.39, 0.29) is 22.8 Å². The maximum absolute atomic E-state index is 13.1. The number of fused-ring (bicyclic) bond motifs is 1. The number of benzene rings is 1. The summed E-state index contributed by atoms with van der Waals surface area (Å²) in [5.41, 5.74) is 4.68. The number of carboxylic acid groups (broad SMARTS) is 1. The van der Waals surface area contributed by atoms with Crippen LogP contribution in [-0.2, 0) is 30.5 Å². The van der Waals surface area contributed by atoms with E-state index in [4.69, 9.17) is 14.6 Å². The first-order valence-electron chi connectivity index (χ1n) is 12.1. The molecule has 1 aromatic heterocycles. The van der Waals surface area contributed by atoms with Gasteiger partial charge in [0.2, 0.25) is 0 Å². The molecule has 4 rings (SSSR count). The number of hydrogen-bond acceptors (Lipinski definition) is 5. The van der Waals surface area contributed by atoms with E-state index in [1.165, 1.54) is 7.11 Å². The molecule has 3 heterocycles. The number of carbonyl (C=O) groups excluding carboxylic acids is 1. The third-order valence-corrected chi connectivity index (χ3v) is 7.38. The van der Waals surface area contributed by atoms with Crippen molar-refractivity contribution >= 4 is 11.9 Å². The predicted molar refractivity (Wildman–Crippen MR) is 128 cm³/mol. The van der Waals surface area contributed by atoms with E-state index in [9.17, 15) is 14.7 Å². The molecule has 2 aromatic rings. The summed E-state index contributed by atoms with van der Waals surface area (Å²) in [6, 6.07) is 3.43. The van der Waals surface area contributed by atoms with Crippen LogP contribution in [0, 0.1) is 18.3 Å². The van der Waals surface area contributed by atoms with E-state index in [0.717, 1.165) is 60.6 Å². The first-order chi connectivity index (χ1) is 16.3. The van der Waals surface area contributed by atoms with E-state index < -0.39 is 5.97 Å². The number of aryl methyl sites for hydroxylation is 2. The number of nitrogens with one attached hydrogen (secondary N) is 1.